The van der Waals surface area contributed by atoms with Crippen LogP contribution in [0.25, 0.3) is 10.8 Å². The van der Waals surface area contributed by atoms with Crippen LogP contribution in [0.2, 0.25) is 0 Å². The van der Waals surface area contributed by atoms with Crippen molar-refractivity contribution in [1.29, 1.82) is 0 Å². The number of aromatic nitrogens is 1. The van der Waals surface area contributed by atoms with Crippen LogP contribution in [0.15, 0.2) is 30.6 Å². The number of benzene rings is 1. The molecular formula is C10H7FN2O2. The quantitative estimate of drug-likeness (QED) is 0.549. The van der Waals surface area contributed by atoms with Crippen LogP contribution in [0.5, 0.6) is 0 Å². The van der Waals surface area contributed by atoms with Crippen molar-refractivity contribution in [3.05, 3.63) is 42.0 Å². The van der Waals surface area contributed by atoms with Crippen molar-refractivity contribution in [1.82, 2.24) is 10.5 Å². The molecule has 2 N–H and O–H groups in total. The van der Waals surface area contributed by atoms with Gasteiger partial charge in [-0.1, -0.05) is 0 Å². The molecule has 5 heteroatoms. The molecule has 0 radical (unpaired) electrons. The Kier molecular flexibility index (Phi) is 2.31. The monoisotopic (exact) mass is 206 g/mol. The number of pyridine rings is 1. The molecule has 0 atom stereocenters. The smallest absolute Gasteiger partial charge is 0.275 e. The van der Waals surface area contributed by atoms with E-state index in [1.54, 1.807) is 0 Å². The van der Waals surface area contributed by atoms with Gasteiger partial charge in [-0.15, -0.1) is 0 Å². The van der Waals surface area contributed by atoms with Crippen LogP contribution >= 0.6 is 0 Å². The molecule has 0 aliphatic heterocycles. The molecule has 0 aliphatic rings. The lowest BCUT2D eigenvalue weighted by Crippen LogP contribution is -2.18. The predicted octanol–water partition coefficient (Wildman–Crippen LogP) is 1.49. The molecule has 0 bridgehead atoms. The number of nitrogens with zero attached hydrogens (tertiary/aromatic N) is 1. The van der Waals surface area contributed by atoms with Crippen molar-refractivity contribution in [2.24, 2.45) is 0 Å². The number of halogens is 1. The van der Waals surface area contributed by atoms with Crippen molar-refractivity contribution < 1.29 is 14.4 Å². The van der Waals surface area contributed by atoms with Crippen LogP contribution in [0, 0.1) is 5.82 Å². The summed E-state index contributed by atoms with van der Waals surface area (Å²) in [6, 6.07) is 3.99. The number of hydroxylamine groups is 1. The fraction of sp³-hybridized carbons (Fsp3) is 0. The van der Waals surface area contributed by atoms with Gasteiger partial charge in [-0.2, -0.15) is 0 Å². The Bertz CT molecular complexity index is 528. The highest BCUT2D eigenvalue weighted by molar-refractivity contribution is 6.06. The van der Waals surface area contributed by atoms with Gasteiger partial charge in [0.1, 0.15) is 5.82 Å². The van der Waals surface area contributed by atoms with Crippen LogP contribution in [0.4, 0.5) is 4.39 Å². The normalized spacial score (nSPS) is 10.3. The summed E-state index contributed by atoms with van der Waals surface area (Å²) in [4.78, 5) is 15.0. The number of nitrogens with one attached hydrogen (secondary N) is 1. The zero-order valence-corrected chi connectivity index (χ0v) is 7.57. The maximum atomic E-state index is 13.3. The van der Waals surface area contributed by atoms with Crippen molar-refractivity contribution in [2.75, 3.05) is 0 Å². The summed E-state index contributed by atoms with van der Waals surface area (Å²) in [6.07, 6.45) is 2.79. The molecule has 0 spiro atoms. The van der Waals surface area contributed by atoms with Gasteiger partial charge in [0.15, 0.2) is 0 Å². The van der Waals surface area contributed by atoms with Crippen LogP contribution in [0.1, 0.15) is 10.4 Å². The molecule has 0 unspecified atom stereocenters. The summed E-state index contributed by atoms with van der Waals surface area (Å²) < 4.78 is 13.3. The molecule has 0 saturated heterocycles. The van der Waals surface area contributed by atoms with E-state index in [1.165, 1.54) is 30.0 Å². The molecule has 2 rings (SSSR count). The van der Waals surface area contributed by atoms with Gasteiger partial charge in [0, 0.05) is 28.7 Å². The topological polar surface area (TPSA) is 62.2 Å². The number of amides is 1. The van der Waals surface area contributed by atoms with Crippen molar-refractivity contribution in [3.8, 4) is 0 Å². The largest absolute Gasteiger partial charge is 0.288 e. The minimum Gasteiger partial charge on any atom is -0.288 e. The summed E-state index contributed by atoms with van der Waals surface area (Å²) in [5.41, 5.74) is 1.72. The van der Waals surface area contributed by atoms with Gasteiger partial charge in [-0.25, -0.2) is 9.87 Å². The first-order valence-electron chi connectivity index (χ1n) is 4.20. The number of hydrogen-bond donors (Lipinski definition) is 2. The summed E-state index contributed by atoms with van der Waals surface area (Å²) in [7, 11) is 0. The summed E-state index contributed by atoms with van der Waals surface area (Å²) >= 11 is 0. The molecule has 15 heavy (non-hydrogen) atoms. The number of carbonyl (C=O) groups excluding carboxylic acids is 1. The highest BCUT2D eigenvalue weighted by atomic mass is 19.1. The van der Waals surface area contributed by atoms with Crippen LogP contribution < -0.4 is 5.48 Å². The first kappa shape index (κ1) is 9.54. The Morgan fingerprint density at radius 2 is 2.13 bits per heavy atom. The maximum Gasteiger partial charge on any atom is 0.275 e. The third-order valence-corrected chi connectivity index (χ3v) is 2.11. The highest BCUT2D eigenvalue weighted by Gasteiger charge is 2.11. The van der Waals surface area contributed by atoms with Crippen LogP contribution in [-0.2, 0) is 0 Å². The Balaban J connectivity index is 2.77. The van der Waals surface area contributed by atoms with Gasteiger partial charge < -0.3 is 0 Å². The molecule has 1 heterocycles. The van der Waals surface area contributed by atoms with E-state index in [-0.39, 0.29) is 10.9 Å². The molecule has 76 valence electrons. The first-order valence-corrected chi connectivity index (χ1v) is 4.20. The van der Waals surface area contributed by atoms with Gasteiger partial charge in [0.05, 0.1) is 0 Å². The number of carbonyl (C=O) groups is 1. The van der Waals surface area contributed by atoms with Gasteiger partial charge in [-0.3, -0.25) is 15.0 Å². The number of hydrogen-bond acceptors (Lipinski definition) is 3. The van der Waals surface area contributed by atoms with E-state index >= 15 is 0 Å². The van der Waals surface area contributed by atoms with E-state index in [0.717, 1.165) is 6.07 Å². The SMILES string of the molecule is O=C(NO)c1ccc(F)c2cnccc12. The van der Waals surface area contributed by atoms with Crippen LogP contribution in [0.3, 0.4) is 0 Å². The average Bonchev–Trinajstić information content (AvgIpc) is 2.29. The van der Waals surface area contributed by atoms with E-state index in [0.29, 0.717) is 5.39 Å². The Labute approximate surface area is 84.3 Å². The van der Waals surface area contributed by atoms with Gasteiger partial charge in [0.2, 0.25) is 0 Å². The average molecular weight is 206 g/mol. The molecule has 2 aromatic rings. The predicted molar refractivity (Wildman–Crippen MR) is 51.0 cm³/mol. The van der Waals surface area contributed by atoms with Gasteiger partial charge in [0.25, 0.3) is 5.91 Å². The fourth-order valence-corrected chi connectivity index (χ4v) is 1.41. The third kappa shape index (κ3) is 1.53. The van der Waals surface area contributed by atoms with Gasteiger partial charge >= 0.3 is 0 Å². The molecule has 0 aliphatic carbocycles. The highest BCUT2D eigenvalue weighted by Crippen LogP contribution is 2.20. The first-order chi connectivity index (χ1) is 7.24. The lowest BCUT2D eigenvalue weighted by atomic mass is 10.1. The molecular weight excluding hydrogens is 199 g/mol. The van der Waals surface area contributed by atoms with Crippen LogP contribution in [-0.4, -0.2) is 16.1 Å². The van der Waals surface area contributed by atoms with Crippen molar-refractivity contribution >= 4 is 16.7 Å². The maximum absolute atomic E-state index is 13.3. The summed E-state index contributed by atoms with van der Waals surface area (Å²) in [5.74, 6) is -1.13. The second kappa shape index (κ2) is 3.62. The minimum absolute atomic E-state index is 0.205. The number of rotatable bonds is 1. The van der Waals surface area contributed by atoms with Gasteiger partial charge in [-0.05, 0) is 18.2 Å². The lowest BCUT2D eigenvalue weighted by Gasteiger charge is -2.04. The van der Waals surface area contributed by atoms with E-state index in [4.69, 9.17) is 5.21 Å². The molecule has 0 saturated carbocycles. The fourth-order valence-electron chi connectivity index (χ4n) is 1.41. The Morgan fingerprint density at radius 3 is 2.87 bits per heavy atom. The molecule has 4 nitrogen and oxygen atoms in total. The van der Waals surface area contributed by atoms with E-state index in [1.807, 2.05) is 0 Å². The summed E-state index contributed by atoms with van der Waals surface area (Å²) in [5, 5.41) is 9.17. The molecule has 1 aromatic carbocycles. The Hall–Kier alpha value is -2.01. The van der Waals surface area contributed by atoms with E-state index in [2.05, 4.69) is 4.98 Å². The molecule has 1 aromatic heterocycles. The standard InChI is InChI=1S/C10H7FN2O2/c11-9-2-1-7(10(14)13-15)6-3-4-12-5-8(6)9/h1-5,15H,(H,13,14). The third-order valence-electron chi connectivity index (χ3n) is 2.11. The minimum atomic E-state index is -0.675. The second-order valence-electron chi connectivity index (χ2n) is 2.96. The van der Waals surface area contributed by atoms with E-state index < -0.39 is 11.7 Å². The van der Waals surface area contributed by atoms with E-state index in [9.17, 15) is 9.18 Å². The number of fused-ring (bicyclic) bond motifs is 1. The lowest BCUT2D eigenvalue weighted by molar-refractivity contribution is 0.0708. The second-order valence-corrected chi connectivity index (χ2v) is 2.96. The molecule has 1 amide bonds. The molecule has 0 fully saturated rings. The summed E-state index contributed by atoms with van der Waals surface area (Å²) in [6.45, 7) is 0. The van der Waals surface area contributed by atoms with Crippen molar-refractivity contribution in [2.45, 2.75) is 0 Å². The zero-order chi connectivity index (χ0) is 10.8. The van der Waals surface area contributed by atoms with Crippen molar-refractivity contribution in [3.63, 3.8) is 0 Å². The Morgan fingerprint density at radius 1 is 1.33 bits per heavy atom. The zero-order valence-electron chi connectivity index (χ0n) is 7.57.